The Hall–Kier alpha value is -2.08. The second-order valence-corrected chi connectivity index (χ2v) is 4.70. The van der Waals surface area contributed by atoms with E-state index in [1.807, 2.05) is 30.3 Å². The lowest BCUT2D eigenvalue weighted by molar-refractivity contribution is -0.125. The van der Waals surface area contributed by atoms with Gasteiger partial charge in [-0.15, -0.1) is 0 Å². The lowest BCUT2D eigenvalue weighted by Gasteiger charge is -2.23. The van der Waals surface area contributed by atoms with Crippen molar-refractivity contribution in [2.45, 2.75) is 26.0 Å². The van der Waals surface area contributed by atoms with Crippen LogP contribution in [0.25, 0.3) is 0 Å². The second-order valence-electron chi connectivity index (χ2n) is 4.70. The Labute approximate surface area is 124 Å². The van der Waals surface area contributed by atoms with Gasteiger partial charge in [0.25, 0.3) is 0 Å². The third-order valence-electron chi connectivity index (χ3n) is 3.09. The molecule has 2 amide bonds. The van der Waals surface area contributed by atoms with Crippen molar-refractivity contribution >= 4 is 12.0 Å². The normalized spacial score (nSPS) is 11.6. The van der Waals surface area contributed by atoms with Gasteiger partial charge >= 0.3 is 6.09 Å². The summed E-state index contributed by atoms with van der Waals surface area (Å²) in [5, 5.41) is 11.3. The van der Waals surface area contributed by atoms with E-state index in [1.165, 1.54) is 11.9 Å². The SMILES string of the molecule is C[C@H](C(=O)NCCCO)N(C)C(=O)OCc1ccccc1. The molecule has 1 atom stereocenters. The van der Waals surface area contributed by atoms with Crippen molar-refractivity contribution in [2.75, 3.05) is 20.2 Å². The minimum atomic E-state index is -0.632. The number of nitrogens with zero attached hydrogens (tertiary/aromatic N) is 1. The first-order valence-corrected chi connectivity index (χ1v) is 6.88. The number of nitrogens with one attached hydrogen (secondary N) is 1. The third-order valence-corrected chi connectivity index (χ3v) is 3.09. The van der Waals surface area contributed by atoms with Crippen LogP contribution >= 0.6 is 0 Å². The van der Waals surface area contributed by atoms with Gasteiger partial charge in [0.1, 0.15) is 12.6 Å². The smallest absolute Gasteiger partial charge is 0.410 e. The Morgan fingerprint density at radius 3 is 2.62 bits per heavy atom. The summed E-state index contributed by atoms with van der Waals surface area (Å²) in [5.74, 6) is -0.275. The van der Waals surface area contributed by atoms with Crippen LogP contribution in [-0.2, 0) is 16.1 Å². The third kappa shape index (κ3) is 5.83. The fourth-order valence-electron chi connectivity index (χ4n) is 1.59. The zero-order chi connectivity index (χ0) is 15.7. The number of carbonyl (C=O) groups is 2. The summed E-state index contributed by atoms with van der Waals surface area (Å²) in [6.07, 6.45) is -0.0654. The number of carbonyl (C=O) groups excluding carboxylic acids is 2. The van der Waals surface area contributed by atoms with Crippen molar-refractivity contribution in [3.63, 3.8) is 0 Å². The summed E-state index contributed by atoms with van der Waals surface area (Å²) in [4.78, 5) is 24.9. The second kappa shape index (κ2) is 8.97. The molecule has 6 heteroatoms. The molecule has 0 aromatic heterocycles. The quantitative estimate of drug-likeness (QED) is 0.739. The molecule has 0 aliphatic heterocycles. The molecule has 1 aromatic rings. The van der Waals surface area contributed by atoms with Gasteiger partial charge in [-0.1, -0.05) is 30.3 Å². The summed E-state index contributed by atoms with van der Waals surface area (Å²) < 4.78 is 5.15. The van der Waals surface area contributed by atoms with Crippen molar-refractivity contribution < 1.29 is 19.4 Å². The summed E-state index contributed by atoms with van der Waals surface area (Å²) in [7, 11) is 1.52. The first-order chi connectivity index (χ1) is 10.1. The largest absolute Gasteiger partial charge is 0.445 e. The molecule has 116 valence electrons. The predicted octanol–water partition coefficient (Wildman–Crippen LogP) is 1.14. The fourth-order valence-corrected chi connectivity index (χ4v) is 1.59. The Morgan fingerprint density at radius 2 is 2.00 bits per heavy atom. The molecular formula is C15H22N2O4. The molecule has 0 aliphatic carbocycles. The van der Waals surface area contributed by atoms with Crippen molar-refractivity contribution in [3.8, 4) is 0 Å². The minimum Gasteiger partial charge on any atom is -0.445 e. The molecule has 2 N–H and O–H groups in total. The summed E-state index contributed by atoms with van der Waals surface area (Å²) in [5.41, 5.74) is 0.888. The standard InChI is InChI=1S/C15H22N2O4/c1-12(14(19)16-9-6-10-18)17(2)15(20)21-11-13-7-4-3-5-8-13/h3-5,7-8,12,18H,6,9-11H2,1-2H3,(H,16,19)/t12-/m1/s1. The first kappa shape index (κ1) is 17.0. The van der Waals surface area contributed by atoms with Crippen LogP contribution in [0.5, 0.6) is 0 Å². The summed E-state index contributed by atoms with van der Waals surface area (Å²) in [6.45, 7) is 2.19. The zero-order valence-electron chi connectivity index (χ0n) is 12.4. The van der Waals surface area contributed by atoms with Gasteiger partial charge in [0.05, 0.1) is 0 Å². The Bertz CT molecular complexity index is 450. The molecule has 6 nitrogen and oxygen atoms in total. The molecule has 0 spiro atoms. The number of hydrogen-bond donors (Lipinski definition) is 2. The van der Waals surface area contributed by atoms with Crippen LogP contribution in [0.15, 0.2) is 30.3 Å². The van der Waals surface area contributed by atoms with Crippen LogP contribution in [0.3, 0.4) is 0 Å². The molecule has 1 rings (SSSR count). The van der Waals surface area contributed by atoms with E-state index in [4.69, 9.17) is 9.84 Å². The Morgan fingerprint density at radius 1 is 1.33 bits per heavy atom. The van der Waals surface area contributed by atoms with Crippen molar-refractivity contribution in [2.24, 2.45) is 0 Å². The van der Waals surface area contributed by atoms with E-state index in [1.54, 1.807) is 6.92 Å². The lowest BCUT2D eigenvalue weighted by Crippen LogP contribution is -2.46. The molecule has 1 aromatic carbocycles. The Balaban J connectivity index is 2.40. The highest BCUT2D eigenvalue weighted by atomic mass is 16.6. The van der Waals surface area contributed by atoms with Crippen LogP contribution < -0.4 is 5.32 Å². The Kier molecular flexibility index (Phi) is 7.25. The number of ether oxygens (including phenoxy) is 1. The predicted molar refractivity (Wildman–Crippen MR) is 78.6 cm³/mol. The van der Waals surface area contributed by atoms with E-state index in [9.17, 15) is 9.59 Å². The minimum absolute atomic E-state index is 0.0175. The van der Waals surface area contributed by atoms with Gasteiger partial charge in [-0.05, 0) is 18.9 Å². The van der Waals surface area contributed by atoms with Crippen LogP contribution in [0, 0.1) is 0 Å². The van der Waals surface area contributed by atoms with Crippen LogP contribution in [0.2, 0.25) is 0 Å². The highest BCUT2D eigenvalue weighted by molar-refractivity contribution is 5.85. The van der Waals surface area contributed by atoms with Gasteiger partial charge in [0.15, 0.2) is 0 Å². The molecule has 0 bridgehead atoms. The number of aliphatic hydroxyl groups is 1. The lowest BCUT2D eigenvalue weighted by atomic mass is 10.2. The maximum absolute atomic E-state index is 11.9. The monoisotopic (exact) mass is 294 g/mol. The van der Waals surface area contributed by atoms with E-state index in [2.05, 4.69) is 5.32 Å². The van der Waals surface area contributed by atoms with E-state index in [0.29, 0.717) is 13.0 Å². The van der Waals surface area contributed by atoms with Crippen molar-refractivity contribution in [3.05, 3.63) is 35.9 Å². The van der Waals surface area contributed by atoms with Crippen molar-refractivity contribution in [1.82, 2.24) is 10.2 Å². The van der Waals surface area contributed by atoms with E-state index in [0.717, 1.165) is 5.56 Å². The van der Waals surface area contributed by atoms with Crippen LogP contribution in [-0.4, -0.2) is 48.2 Å². The summed E-state index contributed by atoms with van der Waals surface area (Å²) in [6, 6.07) is 8.70. The van der Waals surface area contributed by atoms with Crippen LogP contribution in [0.4, 0.5) is 4.79 Å². The average Bonchev–Trinajstić information content (AvgIpc) is 2.52. The maximum atomic E-state index is 11.9. The topological polar surface area (TPSA) is 78.9 Å². The molecule has 0 heterocycles. The van der Waals surface area contributed by atoms with Gasteiger partial charge in [-0.25, -0.2) is 4.79 Å². The average molecular weight is 294 g/mol. The number of aliphatic hydroxyl groups excluding tert-OH is 1. The van der Waals surface area contributed by atoms with Gasteiger partial charge < -0.3 is 15.2 Å². The number of benzene rings is 1. The summed E-state index contributed by atoms with van der Waals surface area (Å²) >= 11 is 0. The van der Waals surface area contributed by atoms with Gasteiger partial charge in [0, 0.05) is 20.2 Å². The molecule has 0 unspecified atom stereocenters. The van der Waals surface area contributed by atoms with Gasteiger partial charge in [-0.2, -0.15) is 0 Å². The molecule has 0 fully saturated rings. The van der Waals surface area contributed by atoms with Crippen LogP contribution in [0.1, 0.15) is 18.9 Å². The highest BCUT2D eigenvalue weighted by Crippen LogP contribution is 2.04. The highest BCUT2D eigenvalue weighted by Gasteiger charge is 2.23. The number of rotatable bonds is 7. The number of hydrogen-bond acceptors (Lipinski definition) is 4. The van der Waals surface area contributed by atoms with E-state index in [-0.39, 0.29) is 19.1 Å². The molecule has 0 saturated heterocycles. The number of likely N-dealkylation sites (N-methyl/N-ethyl adjacent to an activating group) is 1. The molecule has 0 saturated carbocycles. The molecule has 0 aliphatic rings. The molecular weight excluding hydrogens is 272 g/mol. The maximum Gasteiger partial charge on any atom is 0.410 e. The van der Waals surface area contributed by atoms with E-state index >= 15 is 0 Å². The number of amides is 2. The fraction of sp³-hybridized carbons (Fsp3) is 0.467. The molecule has 0 radical (unpaired) electrons. The van der Waals surface area contributed by atoms with Crippen molar-refractivity contribution in [1.29, 1.82) is 0 Å². The van der Waals surface area contributed by atoms with Gasteiger partial charge in [0.2, 0.25) is 5.91 Å². The first-order valence-electron chi connectivity index (χ1n) is 6.88. The van der Waals surface area contributed by atoms with Gasteiger partial charge in [-0.3, -0.25) is 9.69 Å². The molecule has 21 heavy (non-hydrogen) atoms. The van der Waals surface area contributed by atoms with E-state index < -0.39 is 12.1 Å². The zero-order valence-corrected chi connectivity index (χ0v) is 12.4.